The van der Waals surface area contributed by atoms with E-state index in [0.29, 0.717) is 5.56 Å². The van der Waals surface area contributed by atoms with Gasteiger partial charge in [0.15, 0.2) is 18.1 Å². The van der Waals surface area contributed by atoms with Gasteiger partial charge in [0.05, 0.1) is 51.5 Å². The molecule has 2 aromatic carbocycles. The van der Waals surface area contributed by atoms with Crippen molar-refractivity contribution in [3.8, 4) is 5.75 Å². The molecule has 0 aliphatic carbocycles. The van der Waals surface area contributed by atoms with Gasteiger partial charge >= 0.3 is 0 Å². The number of carbonyl (C=O) groups is 6. The van der Waals surface area contributed by atoms with Gasteiger partial charge in [-0.1, -0.05) is 49.4 Å². The number of aliphatic hydroxyl groups excluding tert-OH is 11. The molecule has 22 N–H and O–H groups in total. The highest BCUT2D eigenvalue weighted by Crippen LogP contribution is 2.30. The first-order valence-electron chi connectivity index (χ1n) is 25.4. The smallest absolute Gasteiger partial charge is 0.246 e. The van der Waals surface area contributed by atoms with Crippen LogP contribution in [0.25, 0.3) is 0 Å². The molecule has 2 aromatic rings. The number of ether oxygens (including phenoxy) is 3. The molecule has 0 spiro atoms. The van der Waals surface area contributed by atoms with Crippen molar-refractivity contribution >= 4 is 47.4 Å². The number of rotatable bonds is 14. The van der Waals surface area contributed by atoms with E-state index in [1.54, 1.807) is 37.3 Å². The fraction of sp³-hybridized carbons (Fsp3) is 0.583. The Morgan fingerprint density at radius 2 is 1.21 bits per heavy atom. The van der Waals surface area contributed by atoms with Gasteiger partial charge in [-0.15, -0.1) is 0 Å². The van der Waals surface area contributed by atoms with E-state index >= 15 is 0 Å². The van der Waals surface area contributed by atoms with Gasteiger partial charge in [0.2, 0.25) is 41.7 Å². The van der Waals surface area contributed by atoms with Crippen molar-refractivity contribution in [2.45, 2.75) is 135 Å². The maximum absolute atomic E-state index is 14.9. The van der Waals surface area contributed by atoms with E-state index in [0.717, 1.165) is 4.90 Å². The molecule has 5 heterocycles. The van der Waals surface area contributed by atoms with Crippen molar-refractivity contribution in [1.82, 2.24) is 42.1 Å². The first kappa shape index (κ1) is 60.7. The number of nitrogens with one attached hydrogen (secondary N) is 7. The summed E-state index contributed by atoms with van der Waals surface area (Å²) in [4.78, 5) is 95.3. The van der Waals surface area contributed by atoms with Gasteiger partial charge in [0.1, 0.15) is 97.0 Å². The van der Waals surface area contributed by atoms with Crippen LogP contribution in [0.3, 0.4) is 0 Å². The second-order valence-electron chi connectivity index (χ2n) is 19.8. The van der Waals surface area contributed by atoms with Gasteiger partial charge in [-0.05, 0) is 23.3 Å². The van der Waals surface area contributed by atoms with Gasteiger partial charge < -0.3 is 124 Å². The molecule has 5 unspecified atom stereocenters. The summed E-state index contributed by atoms with van der Waals surface area (Å²) in [5.41, 5.74) is 12.9. The Morgan fingerprint density at radius 3 is 1.84 bits per heavy atom. The number of nitrogens with two attached hydrogens (primary N) is 2. The molecule has 32 nitrogen and oxygen atoms in total. The van der Waals surface area contributed by atoms with E-state index in [4.69, 9.17) is 25.7 Å². The predicted molar refractivity (Wildman–Crippen MR) is 270 cm³/mol. The standard InChI is InChI=1S/C48H68N12O20/c1-18(20-5-3-2-4-6-20)29-42(75)54-22(11-19-7-9-21(10-8-19)78-46-39(72)37(70)35(68)27(17-63)80-46)41(74)58-30(32(65)23-12-52-47(49)56-23)44(77)59-31(43(76)55-24(15-61)40(73)51-14-28(64)57-29)33(66)25-13-53-48(50)60(25)45-38(71)36(69)34(67)26(16-62)79-45/h2-10,18,22-27,29-39,45-46,61-63,65-72H,11-17H2,1H3,(H2,50,53)(H,51,73)(H,54,75)(H,55,76)(H,57,64)(H,58,74)(H,59,77)(H3,49,52,56)/t18?,22-,23?,24+,25?,26-,27-,29+,30+,31-,32?,33?,34-,35-,36+,37+,38+,39+,45+,46+/m1/s1. The number of amides is 6. The number of hydrogen-bond donors (Lipinski definition) is 20. The maximum Gasteiger partial charge on any atom is 0.246 e. The summed E-state index contributed by atoms with van der Waals surface area (Å²) in [6, 6.07) is 1.38. The summed E-state index contributed by atoms with van der Waals surface area (Å²) in [6.45, 7) is -2.86. The fourth-order valence-corrected chi connectivity index (χ4v) is 9.71. The number of nitrogens with zero attached hydrogens (tertiary/aromatic N) is 3. The van der Waals surface area contributed by atoms with Gasteiger partial charge in [-0.3, -0.25) is 38.8 Å². The molecule has 0 bridgehead atoms. The van der Waals surface area contributed by atoms with E-state index in [2.05, 4.69) is 47.2 Å². The highest BCUT2D eigenvalue weighted by atomic mass is 16.7. The second kappa shape index (κ2) is 26.6. The monoisotopic (exact) mass is 1130 g/mol. The topological polar surface area (TPSA) is 517 Å². The van der Waals surface area contributed by atoms with Crippen LogP contribution in [0.5, 0.6) is 5.75 Å². The quantitative estimate of drug-likeness (QED) is 0.0835. The van der Waals surface area contributed by atoms with Gasteiger partial charge in [0.25, 0.3) is 0 Å². The van der Waals surface area contributed by atoms with Crippen LogP contribution in [0.2, 0.25) is 0 Å². The van der Waals surface area contributed by atoms with E-state index in [9.17, 15) is 84.9 Å². The van der Waals surface area contributed by atoms with Crippen molar-refractivity contribution in [1.29, 1.82) is 0 Å². The largest absolute Gasteiger partial charge is 0.462 e. The fourth-order valence-electron chi connectivity index (χ4n) is 9.71. The summed E-state index contributed by atoms with van der Waals surface area (Å²) in [7, 11) is 0. The zero-order valence-corrected chi connectivity index (χ0v) is 42.8. The van der Waals surface area contributed by atoms with Gasteiger partial charge in [-0.25, -0.2) is 0 Å². The van der Waals surface area contributed by atoms with Crippen molar-refractivity contribution in [3.63, 3.8) is 0 Å². The Labute approximate surface area is 455 Å². The van der Waals surface area contributed by atoms with Crippen molar-refractivity contribution < 1.29 is 99.1 Å². The lowest BCUT2D eigenvalue weighted by molar-refractivity contribution is -0.277. The van der Waals surface area contributed by atoms with Crippen LogP contribution < -0.4 is 53.4 Å². The molecule has 0 saturated carbocycles. The minimum absolute atomic E-state index is 0.0162. The Morgan fingerprint density at radius 1 is 0.625 bits per heavy atom. The maximum atomic E-state index is 14.9. The Kier molecular flexibility index (Phi) is 20.2. The highest BCUT2D eigenvalue weighted by molar-refractivity contribution is 5.98. The molecule has 0 aromatic heterocycles. The SMILES string of the molecule is CC(c1ccccc1)[C@@H]1NC(=O)CNC(=O)[C@H](CO)NC(=O)[C@@H](C(O)C2CN=C(N)N2[C@H]2O[C@H](CO)[C@@H](O)[C@H](O)[C@@H]2O)NC(=O)[C@H](C(O)C2CN=C(N)N2)NC(=O)[C@@H](Cc2ccc(O[C@H]3O[C@H](CO)[C@@H](O)[C@H](O)[C@@H]3O)cc2)NC1=O. The first-order valence-corrected chi connectivity index (χ1v) is 25.4. The summed E-state index contributed by atoms with van der Waals surface area (Å²) < 4.78 is 16.8. The zero-order chi connectivity index (χ0) is 58.3. The Hall–Kier alpha value is -6.92. The number of aliphatic hydroxyl groups is 11. The molecule has 3 fully saturated rings. The summed E-state index contributed by atoms with van der Waals surface area (Å²) in [6.07, 6.45) is -21.9. The summed E-state index contributed by atoms with van der Waals surface area (Å²) in [5, 5.41) is 134. The average Bonchev–Trinajstić information content (AvgIpc) is 4.07. The second-order valence-corrected chi connectivity index (χ2v) is 19.8. The molecule has 32 heteroatoms. The third kappa shape index (κ3) is 13.6. The van der Waals surface area contributed by atoms with E-state index in [-0.39, 0.29) is 23.8 Å². The number of guanidine groups is 2. The molecular weight excluding hydrogens is 1060 g/mol. The van der Waals surface area contributed by atoms with Crippen LogP contribution in [0.4, 0.5) is 0 Å². The Balaban J connectivity index is 1.26. The predicted octanol–water partition coefficient (Wildman–Crippen LogP) is -11.4. The van der Waals surface area contributed by atoms with Crippen molar-refractivity contribution in [3.05, 3.63) is 65.7 Å². The molecule has 6 amide bonds. The molecule has 5 aliphatic heterocycles. The molecule has 3 saturated heterocycles. The van der Waals surface area contributed by atoms with Crippen LogP contribution in [0.1, 0.15) is 24.0 Å². The van der Waals surface area contributed by atoms with Crippen LogP contribution in [0, 0.1) is 0 Å². The molecule has 440 valence electrons. The lowest BCUT2D eigenvalue weighted by Crippen LogP contribution is -2.70. The lowest BCUT2D eigenvalue weighted by atomic mass is 9.92. The molecule has 0 radical (unpaired) electrons. The highest BCUT2D eigenvalue weighted by Gasteiger charge is 2.52. The van der Waals surface area contributed by atoms with E-state index in [1.165, 1.54) is 24.3 Å². The van der Waals surface area contributed by atoms with Crippen molar-refractivity contribution in [2.24, 2.45) is 21.5 Å². The number of carbonyl (C=O) groups excluding carboxylic acids is 6. The summed E-state index contributed by atoms with van der Waals surface area (Å²) >= 11 is 0. The van der Waals surface area contributed by atoms with E-state index < -0.39 is 203 Å². The molecule has 7 rings (SSSR count). The van der Waals surface area contributed by atoms with Crippen LogP contribution in [-0.4, -0.2) is 264 Å². The van der Waals surface area contributed by atoms with Gasteiger partial charge in [-0.2, -0.15) is 0 Å². The third-order valence-corrected chi connectivity index (χ3v) is 14.4. The van der Waals surface area contributed by atoms with Crippen LogP contribution in [-0.2, 0) is 44.7 Å². The van der Waals surface area contributed by atoms with Gasteiger partial charge in [0, 0.05) is 12.3 Å². The first-order chi connectivity index (χ1) is 38.1. The van der Waals surface area contributed by atoms with Crippen molar-refractivity contribution in [2.75, 3.05) is 39.5 Å². The lowest BCUT2D eigenvalue weighted by Gasteiger charge is -2.46. The van der Waals surface area contributed by atoms with Crippen LogP contribution in [0.15, 0.2) is 64.6 Å². The Bertz CT molecular complexity index is 2570. The third-order valence-electron chi connectivity index (χ3n) is 14.4. The van der Waals surface area contributed by atoms with Crippen LogP contribution >= 0.6 is 0 Å². The molecule has 5 aliphatic rings. The minimum Gasteiger partial charge on any atom is -0.462 e. The molecule has 80 heavy (non-hydrogen) atoms. The van der Waals surface area contributed by atoms with E-state index in [1.807, 2.05) is 0 Å². The molecule has 20 atom stereocenters. The number of aliphatic imine (C=N–C) groups is 2. The zero-order valence-electron chi connectivity index (χ0n) is 42.8. The molecular formula is C48H68N12O20. The minimum atomic E-state index is -2.31. The summed E-state index contributed by atoms with van der Waals surface area (Å²) in [5.74, 6) is -8.63. The normalized spacial score (nSPS) is 35.2. The number of hydrogen-bond acceptors (Lipinski definition) is 26. The average molecular weight is 1130 g/mol. The number of benzene rings is 2.